The second kappa shape index (κ2) is 5.47. The minimum absolute atomic E-state index is 0.237. The quantitative estimate of drug-likeness (QED) is 0.525. The number of anilines is 1. The smallest absolute Gasteiger partial charge is 0.107 e. The molecule has 2 atom stereocenters. The van der Waals surface area contributed by atoms with Crippen LogP contribution in [-0.4, -0.2) is 29.9 Å². The number of benzene rings is 1. The number of hydrogen-bond acceptors (Lipinski definition) is 5. The molecule has 5 nitrogen and oxygen atoms in total. The van der Waals surface area contributed by atoms with Crippen LogP contribution in [-0.2, 0) is 0 Å². The first-order valence-corrected chi connectivity index (χ1v) is 4.90. The Bertz CT molecular complexity index is 401. The maximum atomic E-state index is 9.86. The fourth-order valence-electron chi connectivity index (χ4n) is 1.46. The molecule has 0 aliphatic heterocycles. The number of nitrogen functional groups attached to an aromatic ring is 1. The van der Waals surface area contributed by atoms with Gasteiger partial charge in [-0.05, 0) is 25.2 Å². The van der Waals surface area contributed by atoms with Crippen molar-refractivity contribution in [3.63, 3.8) is 0 Å². The first-order chi connectivity index (χ1) is 7.60. The molecule has 5 heteroatoms. The monoisotopic (exact) mass is 221 g/mol. The number of nitrogens with one attached hydrogen (secondary N) is 1. The van der Waals surface area contributed by atoms with Gasteiger partial charge < -0.3 is 21.3 Å². The second-order valence-electron chi connectivity index (χ2n) is 3.53. The summed E-state index contributed by atoms with van der Waals surface area (Å²) in [7, 11) is 1.67. The van der Waals surface area contributed by atoms with E-state index in [0.29, 0.717) is 16.8 Å². The Labute approximate surface area is 94.1 Å². The van der Waals surface area contributed by atoms with Gasteiger partial charge >= 0.3 is 0 Å². The molecule has 0 bridgehead atoms. The summed E-state index contributed by atoms with van der Waals surface area (Å²) >= 11 is 0. The number of likely N-dealkylation sites (N-methyl/N-ethyl adjacent to an activating group) is 1. The Morgan fingerprint density at radius 2 is 2.19 bits per heavy atom. The third-order valence-electron chi connectivity index (χ3n) is 2.29. The van der Waals surface area contributed by atoms with Crippen molar-refractivity contribution in [2.45, 2.75) is 12.2 Å². The number of aliphatic hydroxyl groups is 2. The van der Waals surface area contributed by atoms with Gasteiger partial charge in [0.1, 0.15) is 6.10 Å². The average Bonchev–Trinajstić information content (AvgIpc) is 2.28. The molecule has 2 unspecified atom stereocenters. The molecule has 0 amide bonds. The zero-order valence-electron chi connectivity index (χ0n) is 9.01. The van der Waals surface area contributed by atoms with E-state index < -0.39 is 12.2 Å². The summed E-state index contributed by atoms with van der Waals surface area (Å²) < 4.78 is 0. The first-order valence-electron chi connectivity index (χ1n) is 4.90. The third kappa shape index (κ3) is 2.70. The predicted molar refractivity (Wildman–Crippen MR) is 60.5 cm³/mol. The highest BCUT2D eigenvalue weighted by molar-refractivity contribution is 5.50. The van der Waals surface area contributed by atoms with Crippen LogP contribution in [0.5, 0.6) is 0 Å². The lowest BCUT2D eigenvalue weighted by molar-refractivity contribution is 0.0201. The summed E-state index contributed by atoms with van der Waals surface area (Å²) in [5, 5.41) is 31.1. The van der Waals surface area contributed by atoms with Crippen molar-refractivity contribution in [1.29, 1.82) is 5.26 Å². The van der Waals surface area contributed by atoms with Gasteiger partial charge in [-0.15, -0.1) is 0 Å². The average molecular weight is 221 g/mol. The summed E-state index contributed by atoms with van der Waals surface area (Å²) in [6.07, 6.45) is -2.09. The van der Waals surface area contributed by atoms with Crippen LogP contribution >= 0.6 is 0 Å². The van der Waals surface area contributed by atoms with Crippen LogP contribution in [0.25, 0.3) is 0 Å². The van der Waals surface area contributed by atoms with E-state index in [4.69, 9.17) is 11.0 Å². The summed E-state index contributed by atoms with van der Waals surface area (Å²) in [5.74, 6) is 0. The highest BCUT2D eigenvalue weighted by Crippen LogP contribution is 2.23. The van der Waals surface area contributed by atoms with Gasteiger partial charge in [0, 0.05) is 17.8 Å². The van der Waals surface area contributed by atoms with Crippen LogP contribution in [0.4, 0.5) is 5.69 Å². The largest absolute Gasteiger partial charge is 0.399 e. The molecule has 0 aromatic heterocycles. The molecule has 1 aromatic carbocycles. The van der Waals surface area contributed by atoms with Crippen LogP contribution < -0.4 is 11.1 Å². The van der Waals surface area contributed by atoms with Crippen LogP contribution in [0.1, 0.15) is 17.2 Å². The van der Waals surface area contributed by atoms with Gasteiger partial charge in [-0.2, -0.15) is 5.26 Å². The molecule has 0 saturated heterocycles. The van der Waals surface area contributed by atoms with Crippen molar-refractivity contribution in [2.75, 3.05) is 19.3 Å². The van der Waals surface area contributed by atoms with Gasteiger partial charge in [-0.25, -0.2) is 0 Å². The predicted octanol–water partition coefficient (Wildman–Crippen LogP) is -0.246. The van der Waals surface area contributed by atoms with Crippen LogP contribution in [0.3, 0.4) is 0 Å². The third-order valence-corrected chi connectivity index (χ3v) is 2.29. The first kappa shape index (κ1) is 12.5. The zero-order chi connectivity index (χ0) is 12.1. The van der Waals surface area contributed by atoms with Crippen LogP contribution in [0.2, 0.25) is 0 Å². The lowest BCUT2D eigenvalue weighted by atomic mass is 9.98. The topological polar surface area (TPSA) is 102 Å². The van der Waals surface area contributed by atoms with Gasteiger partial charge in [-0.1, -0.05) is 0 Å². The van der Waals surface area contributed by atoms with E-state index >= 15 is 0 Å². The maximum Gasteiger partial charge on any atom is 0.107 e. The Morgan fingerprint density at radius 1 is 1.50 bits per heavy atom. The van der Waals surface area contributed by atoms with E-state index in [1.165, 1.54) is 12.1 Å². The number of nitriles is 1. The molecule has 0 fully saturated rings. The molecular formula is C11H15N3O2. The van der Waals surface area contributed by atoms with Crippen LogP contribution in [0, 0.1) is 11.3 Å². The van der Waals surface area contributed by atoms with Gasteiger partial charge in [0.2, 0.25) is 0 Å². The van der Waals surface area contributed by atoms with E-state index in [9.17, 15) is 10.2 Å². The molecule has 5 N–H and O–H groups in total. The number of aliphatic hydroxyl groups excluding tert-OH is 2. The van der Waals surface area contributed by atoms with E-state index in [-0.39, 0.29) is 6.54 Å². The van der Waals surface area contributed by atoms with Crippen molar-refractivity contribution >= 4 is 5.69 Å². The molecule has 1 rings (SSSR count). The number of rotatable bonds is 4. The molecule has 0 saturated carbocycles. The maximum absolute atomic E-state index is 9.86. The van der Waals surface area contributed by atoms with Gasteiger partial charge in [0.15, 0.2) is 0 Å². The molecule has 0 spiro atoms. The van der Waals surface area contributed by atoms with Crippen molar-refractivity contribution in [2.24, 2.45) is 0 Å². The molecule has 0 aliphatic rings. The van der Waals surface area contributed by atoms with Crippen molar-refractivity contribution in [1.82, 2.24) is 5.32 Å². The second-order valence-corrected chi connectivity index (χ2v) is 3.53. The van der Waals surface area contributed by atoms with Crippen molar-refractivity contribution < 1.29 is 10.2 Å². The standard InChI is InChI=1S/C11H15N3O2/c1-14-6-10(15)11(16)9-4-8(13)3-2-7(9)5-12/h2-4,10-11,14-16H,6,13H2,1H3. The van der Waals surface area contributed by atoms with Gasteiger partial charge in [0.25, 0.3) is 0 Å². The number of hydrogen-bond donors (Lipinski definition) is 4. The molecule has 0 aliphatic carbocycles. The fraction of sp³-hybridized carbons (Fsp3) is 0.364. The lowest BCUT2D eigenvalue weighted by Crippen LogP contribution is -2.30. The normalized spacial score (nSPS) is 14.1. The zero-order valence-corrected chi connectivity index (χ0v) is 9.01. The van der Waals surface area contributed by atoms with E-state index in [0.717, 1.165) is 0 Å². The summed E-state index contributed by atoms with van der Waals surface area (Å²) in [6, 6.07) is 6.57. The van der Waals surface area contributed by atoms with Gasteiger partial charge in [0.05, 0.1) is 17.7 Å². The Morgan fingerprint density at radius 3 is 2.75 bits per heavy atom. The Kier molecular flexibility index (Phi) is 4.26. The molecule has 0 heterocycles. The van der Waals surface area contributed by atoms with Crippen LogP contribution in [0.15, 0.2) is 18.2 Å². The summed E-state index contributed by atoms with van der Waals surface area (Å²) in [4.78, 5) is 0. The molecule has 16 heavy (non-hydrogen) atoms. The Hall–Kier alpha value is -1.61. The minimum Gasteiger partial charge on any atom is -0.399 e. The summed E-state index contributed by atoms with van der Waals surface area (Å²) in [5.41, 5.74) is 6.69. The number of nitrogens with zero attached hydrogens (tertiary/aromatic N) is 1. The molecule has 0 radical (unpaired) electrons. The number of nitrogens with two attached hydrogens (primary N) is 1. The van der Waals surface area contributed by atoms with E-state index in [1.54, 1.807) is 13.1 Å². The van der Waals surface area contributed by atoms with Gasteiger partial charge in [-0.3, -0.25) is 0 Å². The SMILES string of the molecule is CNCC(O)C(O)c1cc(N)ccc1C#N. The fourth-order valence-corrected chi connectivity index (χ4v) is 1.46. The lowest BCUT2D eigenvalue weighted by Gasteiger charge is -2.19. The van der Waals surface area contributed by atoms with Crippen molar-refractivity contribution in [3.8, 4) is 6.07 Å². The molecular weight excluding hydrogens is 206 g/mol. The van der Waals surface area contributed by atoms with Crippen molar-refractivity contribution in [3.05, 3.63) is 29.3 Å². The minimum atomic E-state index is -1.12. The van der Waals surface area contributed by atoms with E-state index in [2.05, 4.69) is 5.32 Å². The Balaban J connectivity index is 3.02. The highest BCUT2D eigenvalue weighted by Gasteiger charge is 2.20. The van der Waals surface area contributed by atoms with E-state index in [1.807, 2.05) is 6.07 Å². The summed E-state index contributed by atoms with van der Waals surface area (Å²) in [6.45, 7) is 0.237. The molecule has 1 aromatic rings. The molecule has 86 valence electrons. The highest BCUT2D eigenvalue weighted by atomic mass is 16.3.